The van der Waals surface area contributed by atoms with Gasteiger partial charge in [0.25, 0.3) is 0 Å². The molecular weight excluding hydrogens is 338 g/mol. The lowest BCUT2D eigenvalue weighted by molar-refractivity contribution is -0.115. The molecule has 0 aliphatic heterocycles. The zero-order chi connectivity index (χ0) is 16.8. The van der Waals surface area contributed by atoms with Gasteiger partial charge >= 0.3 is 0 Å². The topological polar surface area (TPSA) is 29.1 Å². The average Bonchev–Trinajstić information content (AvgIpc) is 2.61. The summed E-state index contributed by atoms with van der Waals surface area (Å²) < 4.78 is 0. The van der Waals surface area contributed by atoms with E-state index in [0.29, 0.717) is 10.7 Å². The highest BCUT2D eigenvalue weighted by molar-refractivity contribution is 8.00. The molecule has 0 fully saturated rings. The van der Waals surface area contributed by atoms with E-state index in [1.165, 1.54) is 11.8 Å². The number of rotatable bonds is 5. The largest absolute Gasteiger partial charge is 0.325 e. The van der Waals surface area contributed by atoms with Crippen LogP contribution in [0.25, 0.3) is 0 Å². The predicted octanol–water partition coefficient (Wildman–Crippen LogP) is 5.81. The lowest BCUT2D eigenvalue weighted by atomic mass is 10.1. The third-order valence-electron chi connectivity index (χ3n) is 3.43. The number of benzene rings is 3. The zero-order valence-corrected chi connectivity index (χ0v) is 14.4. The number of carbonyl (C=O) groups is 1. The van der Waals surface area contributed by atoms with Crippen molar-refractivity contribution in [2.24, 2.45) is 0 Å². The van der Waals surface area contributed by atoms with Gasteiger partial charge in [0, 0.05) is 15.6 Å². The Morgan fingerprint density at radius 2 is 1.54 bits per heavy atom. The van der Waals surface area contributed by atoms with Crippen molar-refractivity contribution in [3.8, 4) is 0 Å². The molecule has 0 spiro atoms. The molecule has 0 saturated heterocycles. The number of hydrogen-bond acceptors (Lipinski definition) is 2. The summed E-state index contributed by atoms with van der Waals surface area (Å²) in [5.74, 6) is -0.0719. The minimum absolute atomic E-state index is 0.0719. The molecule has 2 nitrogen and oxygen atoms in total. The molecule has 24 heavy (non-hydrogen) atoms. The van der Waals surface area contributed by atoms with Gasteiger partial charge in [-0.2, -0.15) is 0 Å². The van der Waals surface area contributed by atoms with Gasteiger partial charge in [-0.3, -0.25) is 4.79 Å². The fourth-order valence-electron chi connectivity index (χ4n) is 2.31. The highest BCUT2D eigenvalue weighted by Crippen LogP contribution is 2.36. The summed E-state index contributed by atoms with van der Waals surface area (Å²) in [5.41, 5.74) is 1.66. The molecule has 0 aromatic heterocycles. The number of hydrogen-bond donors (Lipinski definition) is 1. The third kappa shape index (κ3) is 4.40. The van der Waals surface area contributed by atoms with E-state index in [4.69, 9.17) is 11.6 Å². The predicted molar refractivity (Wildman–Crippen MR) is 102 cm³/mol. The molecule has 120 valence electrons. The summed E-state index contributed by atoms with van der Waals surface area (Å²) >= 11 is 7.53. The SMILES string of the molecule is O=C(Nc1cccc(Cl)c1)[C@@H](Sc1ccccc1)c1ccccc1. The van der Waals surface area contributed by atoms with Gasteiger partial charge in [-0.1, -0.05) is 66.2 Å². The number of amides is 1. The lowest BCUT2D eigenvalue weighted by Crippen LogP contribution is -2.19. The van der Waals surface area contributed by atoms with Crippen LogP contribution in [-0.4, -0.2) is 5.91 Å². The van der Waals surface area contributed by atoms with Crippen LogP contribution in [0.15, 0.2) is 89.8 Å². The summed E-state index contributed by atoms with van der Waals surface area (Å²) in [4.78, 5) is 13.9. The average molecular weight is 354 g/mol. The van der Waals surface area contributed by atoms with Crippen molar-refractivity contribution in [2.45, 2.75) is 10.1 Å². The van der Waals surface area contributed by atoms with Crippen molar-refractivity contribution in [1.82, 2.24) is 0 Å². The zero-order valence-electron chi connectivity index (χ0n) is 12.9. The molecule has 3 aromatic rings. The van der Waals surface area contributed by atoms with Gasteiger partial charge in [-0.05, 0) is 35.9 Å². The number of nitrogens with one attached hydrogen (secondary N) is 1. The number of halogens is 1. The van der Waals surface area contributed by atoms with Gasteiger partial charge in [0.05, 0.1) is 0 Å². The summed E-state index contributed by atoms with van der Waals surface area (Å²) in [6.07, 6.45) is 0. The van der Waals surface area contributed by atoms with Gasteiger partial charge in [0.2, 0.25) is 5.91 Å². The van der Waals surface area contributed by atoms with E-state index >= 15 is 0 Å². The molecule has 1 atom stereocenters. The van der Waals surface area contributed by atoms with Gasteiger partial charge in [0.15, 0.2) is 0 Å². The van der Waals surface area contributed by atoms with Gasteiger partial charge in [-0.25, -0.2) is 0 Å². The van der Waals surface area contributed by atoms with Crippen LogP contribution in [-0.2, 0) is 4.79 Å². The number of carbonyl (C=O) groups excluding carboxylic acids is 1. The maximum absolute atomic E-state index is 12.9. The smallest absolute Gasteiger partial charge is 0.242 e. The first kappa shape index (κ1) is 16.6. The van der Waals surface area contributed by atoms with E-state index in [1.807, 2.05) is 72.8 Å². The molecular formula is C20H16ClNOS. The van der Waals surface area contributed by atoms with E-state index in [0.717, 1.165) is 10.5 Å². The Morgan fingerprint density at radius 3 is 2.21 bits per heavy atom. The fraction of sp³-hybridized carbons (Fsp3) is 0.0500. The second-order valence-corrected chi connectivity index (χ2v) is 6.84. The molecule has 3 aromatic carbocycles. The molecule has 0 unspecified atom stereocenters. The standard InChI is InChI=1S/C20H16ClNOS/c21-16-10-7-11-17(14-16)22-20(23)19(15-8-3-1-4-9-15)24-18-12-5-2-6-13-18/h1-14,19H,(H,22,23)/t19-/m0/s1. The van der Waals surface area contributed by atoms with Crippen molar-refractivity contribution in [3.05, 3.63) is 95.5 Å². The van der Waals surface area contributed by atoms with Gasteiger partial charge in [0.1, 0.15) is 5.25 Å². The summed E-state index contributed by atoms with van der Waals surface area (Å²) in [6.45, 7) is 0. The number of anilines is 1. The van der Waals surface area contributed by atoms with Gasteiger partial charge < -0.3 is 5.32 Å². The van der Waals surface area contributed by atoms with Crippen LogP contribution in [0.4, 0.5) is 5.69 Å². The Balaban J connectivity index is 1.85. The summed E-state index contributed by atoms with van der Waals surface area (Å²) in [7, 11) is 0. The molecule has 0 aliphatic carbocycles. The Labute approximate surface area is 150 Å². The quantitative estimate of drug-likeness (QED) is 0.586. The highest BCUT2D eigenvalue weighted by atomic mass is 35.5. The maximum atomic E-state index is 12.9. The Bertz CT molecular complexity index is 808. The molecule has 1 N–H and O–H groups in total. The summed E-state index contributed by atoms with van der Waals surface area (Å²) in [5, 5.41) is 3.21. The molecule has 1 amide bonds. The Kier molecular flexibility index (Phi) is 5.57. The van der Waals surface area contributed by atoms with Crippen molar-refractivity contribution < 1.29 is 4.79 Å². The van der Waals surface area contributed by atoms with Crippen LogP contribution in [0.3, 0.4) is 0 Å². The molecule has 0 saturated carbocycles. The lowest BCUT2D eigenvalue weighted by Gasteiger charge is -2.17. The second kappa shape index (κ2) is 8.04. The van der Waals surface area contributed by atoms with Crippen molar-refractivity contribution in [1.29, 1.82) is 0 Å². The normalized spacial score (nSPS) is 11.7. The monoisotopic (exact) mass is 353 g/mol. The van der Waals surface area contributed by atoms with Crippen molar-refractivity contribution in [2.75, 3.05) is 5.32 Å². The van der Waals surface area contributed by atoms with Crippen LogP contribution in [0, 0.1) is 0 Å². The number of thioether (sulfide) groups is 1. The fourth-order valence-corrected chi connectivity index (χ4v) is 3.55. The van der Waals surface area contributed by atoms with Crippen LogP contribution in [0.1, 0.15) is 10.8 Å². The molecule has 0 radical (unpaired) electrons. The first-order valence-corrected chi connectivity index (χ1v) is 8.81. The third-order valence-corrected chi connectivity index (χ3v) is 4.93. The molecule has 0 heterocycles. The van der Waals surface area contributed by atoms with Crippen LogP contribution in [0.5, 0.6) is 0 Å². The van der Waals surface area contributed by atoms with Crippen molar-refractivity contribution in [3.63, 3.8) is 0 Å². The maximum Gasteiger partial charge on any atom is 0.242 e. The van der Waals surface area contributed by atoms with Crippen LogP contribution < -0.4 is 5.32 Å². The molecule has 3 rings (SSSR count). The molecule has 0 aliphatic rings. The minimum Gasteiger partial charge on any atom is -0.325 e. The Hall–Kier alpha value is -2.23. The van der Waals surface area contributed by atoms with Gasteiger partial charge in [-0.15, -0.1) is 11.8 Å². The van der Waals surface area contributed by atoms with Crippen LogP contribution >= 0.6 is 23.4 Å². The first-order valence-electron chi connectivity index (χ1n) is 7.55. The highest BCUT2D eigenvalue weighted by Gasteiger charge is 2.22. The summed E-state index contributed by atoms with van der Waals surface area (Å²) in [6, 6.07) is 26.9. The van der Waals surface area contributed by atoms with E-state index < -0.39 is 0 Å². The van der Waals surface area contributed by atoms with Crippen LogP contribution in [0.2, 0.25) is 5.02 Å². The van der Waals surface area contributed by atoms with E-state index in [-0.39, 0.29) is 11.2 Å². The second-order valence-electron chi connectivity index (χ2n) is 5.22. The molecule has 0 bridgehead atoms. The molecule has 4 heteroatoms. The Morgan fingerprint density at radius 1 is 0.875 bits per heavy atom. The minimum atomic E-state index is -0.340. The van der Waals surface area contributed by atoms with Crippen molar-refractivity contribution >= 4 is 35.0 Å². The van der Waals surface area contributed by atoms with E-state index in [2.05, 4.69) is 5.32 Å². The van der Waals surface area contributed by atoms with E-state index in [1.54, 1.807) is 12.1 Å². The van der Waals surface area contributed by atoms with E-state index in [9.17, 15) is 4.79 Å². The first-order chi connectivity index (χ1) is 11.7.